The fourth-order valence-corrected chi connectivity index (χ4v) is 1.54. The zero-order valence-corrected chi connectivity index (χ0v) is 9.90. The number of aromatic nitrogens is 1. The summed E-state index contributed by atoms with van der Waals surface area (Å²) in [5, 5.41) is 4.07. The minimum absolute atomic E-state index is 0.714. The summed E-state index contributed by atoms with van der Waals surface area (Å²) < 4.78 is 0. The number of hydrogen-bond acceptors (Lipinski definition) is 3. The van der Waals surface area contributed by atoms with Crippen LogP contribution in [0.25, 0.3) is 0 Å². The fraction of sp³-hybridized carbons (Fsp3) is 0.545. The van der Waals surface area contributed by atoms with Crippen molar-refractivity contribution in [1.82, 2.24) is 4.98 Å². The quantitative estimate of drug-likeness (QED) is 0.809. The van der Waals surface area contributed by atoms with E-state index < -0.39 is 0 Å². The van der Waals surface area contributed by atoms with Crippen LogP contribution < -0.4 is 5.32 Å². The first-order valence-corrected chi connectivity index (χ1v) is 6.21. The summed E-state index contributed by atoms with van der Waals surface area (Å²) in [6, 6.07) is 4.04. The highest BCUT2D eigenvalue weighted by atomic mass is 32.2. The summed E-state index contributed by atoms with van der Waals surface area (Å²) in [5.74, 6) is 1.01. The van der Waals surface area contributed by atoms with E-state index in [4.69, 9.17) is 0 Å². The molecule has 1 N–H and O–H groups in total. The Kier molecular flexibility index (Phi) is 4.80. The molecule has 2 nitrogen and oxygen atoms in total. The van der Waals surface area contributed by atoms with E-state index in [1.807, 2.05) is 24.0 Å². The predicted octanol–water partition coefficient (Wildman–Crippen LogP) is 2.94. The van der Waals surface area contributed by atoms with Gasteiger partial charge in [0, 0.05) is 18.0 Å². The SMILES string of the molecule is CSC(C)CCNc1ncccc1C. The lowest BCUT2D eigenvalue weighted by Crippen LogP contribution is -2.09. The van der Waals surface area contributed by atoms with Gasteiger partial charge < -0.3 is 5.32 Å². The van der Waals surface area contributed by atoms with Crippen LogP contribution in [0.2, 0.25) is 0 Å². The molecule has 1 aromatic rings. The largest absolute Gasteiger partial charge is 0.370 e. The van der Waals surface area contributed by atoms with Gasteiger partial charge in [0.05, 0.1) is 0 Å². The second-order valence-electron chi connectivity index (χ2n) is 3.43. The predicted molar refractivity (Wildman–Crippen MR) is 65.1 cm³/mol. The Morgan fingerprint density at radius 3 is 3.00 bits per heavy atom. The standard InChI is InChI=1S/C11H18N2S/c1-9-5-4-7-12-11(9)13-8-6-10(2)14-3/h4-5,7,10H,6,8H2,1-3H3,(H,12,13). The second kappa shape index (κ2) is 5.91. The van der Waals surface area contributed by atoms with Crippen molar-refractivity contribution in [3.05, 3.63) is 23.9 Å². The Balaban J connectivity index is 2.35. The Labute approximate surface area is 90.5 Å². The second-order valence-corrected chi connectivity index (χ2v) is 4.71. The Morgan fingerprint density at radius 1 is 1.57 bits per heavy atom. The van der Waals surface area contributed by atoms with E-state index in [2.05, 4.69) is 36.5 Å². The smallest absolute Gasteiger partial charge is 0.128 e. The molecule has 1 aromatic heterocycles. The lowest BCUT2D eigenvalue weighted by molar-refractivity contribution is 0.849. The molecule has 0 aliphatic heterocycles. The average molecular weight is 210 g/mol. The van der Waals surface area contributed by atoms with Crippen molar-refractivity contribution in [2.45, 2.75) is 25.5 Å². The highest BCUT2D eigenvalue weighted by molar-refractivity contribution is 7.99. The third-order valence-corrected chi connectivity index (χ3v) is 3.30. The Bertz CT molecular complexity index is 276. The monoisotopic (exact) mass is 210 g/mol. The van der Waals surface area contributed by atoms with Gasteiger partial charge in [0.1, 0.15) is 5.82 Å². The number of aryl methyl sites for hydroxylation is 1. The molecular weight excluding hydrogens is 192 g/mol. The van der Waals surface area contributed by atoms with E-state index >= 15 is 0 Å². The summed E-state index contributed by atoms with van der Waals surface area (Å²) in [6.45, 7) is 5.32. The van der Waals surface area contributed by atoms with Gasteiger partial charge in [-0.15, -0.1) is 0 Å². The van der Waals surface area contributed by atoms with Gasteiger partial charge in [-0.2, -0.15) is 11.8 Å². The van der Waals surface area contributed by atoms with Crippen molar-refractivity contribution in [3.63, 3.8) is 0 Å². The number of anilines is 1. The molecule has 0 fully saturated rings. The van der Waals surface area contributed by atoms with Gasteiger partial charge in [-0.3, -0.25) is 0 Å². The molecule has 1 rings (SSSR count). The van der Waals surface area contributed by atoms with Crippen molar-refractivity contribution in [2.75, 3.05) is 18.1 Å². The molecule has 14 heavy (non-hydrogen) atoms. The number of nitrogens with zero attached hydrogens (tertiary/aromatic N) is 1. The van der Waals surface area contributed by atoms with Gasteiger partial charge in [-0.25, -0.2) is 4.98 Å². The molecule has 0 bridgehead atoms. The maximum atomic E-state index is 4.28. The highest BCUT2D eigenvalue weighted by Crippen LogP contribution is 2.12. The van der Waals surface area contributed by atoms with Crippen molar-refractivity contribution in [2.24, 2.45) is 0 Å². The number of pyridine rings is 1. The molecule has 0 saturated heterocycles. The molecule has 0 aliphatic rings. The van der Waals surface area contributed by atoms with E-state index in [1.54, 1.807) is 0 Å². The molecule has 1 heterocycles. The maximum absolute atomic E-state index is 4.28. The molecule has 3 heteroatoms. The highest BCUT2D eigenvalue weighted by Gasteiger charge is 2.00. The molecule has 0 aromatic carbocycles. The van der Waals surface area contributed by atoms with Gasteiger partial charge in [0.25, 0.3) is 0 Å². The van der Waals surface area contributed by atoms with Crippen LogP contribution in [0.3, 0.4) is 0 Å². The van der Waals surface area contributed by atoms with Crippen LogP contribution in [-0.2, 0) is 0 Å². The zero-order valence-electron chi connectivity index (χ0n) is 9.08. The molecule has 0 radical (unpaired) electrons. The number of nitrogens with one attached hydrogen (secondary N) is 1. The van der Waals surface area contributed by atoms with E-state index in [1.165, 1.54) is 12.0 Å². The Hall–Kier alpha value is -0.700. The number of hydrogen-bond donors (Lipinski definition) is 1. The topological polar surface area (TPSA) is 24.9 Å². The van der Waals surface area contributed by atoms with Gasteiger partial charge in [0.2, 0.25) is 0 Å². The summed E-state index contributed by atoms with van der Waals surface area (Å²) in [7, 11) is 0. The van der Waals surface area contributed by atoms with E-state index in [9.17, 15) is 0 Å². The molecule has 1 unspecified atom stereocenters. The number of rotatable bonds is 5. The molecule has 0 saturated carbocycles. The van der Waals surface area contributed by atoms with Gasteiger partial charge in [-0.1, -0.05) is 13.0 Å². The van der Waals surface area contributed by atoms with E-state index in [-0.39, 0.29) is 0 Å². The first kappa shape index (κ1) is 11.4. The molecule has 78 valence electrons. The van der Waals surface area contributed by atoms with Crippen molar-refractivity contribution in [3.8, 4) is 0 Å². The Morgan fingerprint density at radius 2 is 2.36 bits per heavy atom. The zero-order chi connectivity index (χ0) is 10.4. The van der Waals surface area contributed by atoms with Crippen LogP contribution in [0.4, 0.5) is 5.82 Å². The van der Waals surface area contributed by atoms with Crippen LogP contribution in [0.15, 0.2) is 18.3 Å². The van der Waals surface area contributed by atoms with Crippen molar-refractivity contribution < 1.29 is 0 Å². The molecule has 0 aliphatic carbocycles. The van der Waals surface area contributed by atoms with E-state index in [0.29, 0.717) is 5.25 Å². The number of thioether (sulfide) groups is 1. The fourth-order valence-electron chi connectivity index (χ4n) is 1.18. The molecule has 0 spiro atoms. The van der Waals surface area contributed by atoms with Crippen LogP contribution in [0, 0.1) is 6.92 Å². The average Bonchev–Trinajstić information content (AvgIpc) is 2.20. The molecular formula is C11H18N2S. The lowest BCUT2D eigenvalue weighted by Gasteiger charge is -2.10. The van der Waals surface area contributed by atoms with Gasteiger partial charge in [0.15, 0.2) is 0 Å². The van der Waals surface area contributed by atoms with Crippen LogP contribution in [0.5, 0.6) is 0 Å². The normalized spacial score (nSPS) is 12.5. The summed E-state index contributed by atoms with van der Waals surface area (Å²) >= 11 is 1.90. The van der Waals surface area contributed by atoms with E-state index in [0.717, 1.165) is 12.4 Å². The molecule has 1 atom stereocenters. The van der Waals surface area contributed by atoms with Gasteiger partial charge in [-0.05, 0) is 31.2 Å². The van der Waals surface area contributed by atoms with Crippen molar-refractivity contribution in [1.29, 1.82) is 0 Å². The van der Waals surface area contributed by atoms with Crippen LogP contribution in [0.1, 0.15) is 18.9 Å². The third kappa shape index (κ3) is 3.58. The molecule has 0 amide bonds. The summed E-state index contributed by atoms with van der Waals surface area (Å²) in [6.07, 6.45) is 5.15. The van der Waals surface area contributed by atoms with Crippen LogP contribution >= 0.6 is 11.8 Å². The van der Waals surface area contributed by atoms with Crippen molar-refractivity contribution >= 4 is 17.6 Å². The lowest BCUT2D eigenvalue weighted by atomic mass is 10.3. The third-order valence-electron chi connectivity index (χ3n) is 2.26. The minimum Gasteiger partial charge on any atom is -0.370 e. The first-order valence-electron chi connectivity index (χ1n) is 4.92. The van der Waals surface area contributed by atoms with Crippen LogP contribution in [-0.4, -0.2) is 23.0 Å². The summed E-state index contributed by atoms with van der Waals surface area (Å²) in [5.41, 5.74) is 1.21. The van der Waals surface area contributed by atoms with Gasteiger partial charge >= 0.3 is 0 Å². The minimum atomic E-state index is 0.714. The first-order chi connectivity index (χ1) is 6.74. The maximum Gasteiger partial charge on any atom is 0.128 e. The summed E-state index contributed by atoms with van der Waals surface area (Å²) in [4.78, 5) is 4.28.